The Morgan fingerprint density at radius 2 is 2.04 bits per heavy atom. The number of allylic oxidation sites excluding steroid dienone is 2. The molecule has 0 amide bonds. The van der Waals surface area contributed by atoms with Gasteiger partial charge in [-0.2, -0.15) is 0 Å². The normalized spacial score (nSPS) is 21.7. The topological polar surface area (TPSA) is 94.8 Å². The van der Waals surface area contributed by atoms with Gasteiger partial charge < -0.3 is 15.3 Å². The Morgan fingerprint density at radius 3 is 2.71 bits per heavy atom. The van der Waals surface area contributed by atoms with E-state index in [2.05, 4.69) is 19.1 Å². The second-order valence-corrected chi connectivity index (χ2v) is 8.52. The Bertz CT molecular complexity index is 437. The Morgan fingerprint density at radius 1 is 1.29 bits per heavy atom. The highest BCUT2D eigenvalue weighted by Gasteiger charge is 2.34. The number of hydrogen-bond donors (Lipinski definition) is 3. The van der Waals surface area contributed by atoms with E-state index in [0.29, 0.717) is 47.8 Å². The molecule has 0 unspecified atom stereocenters. The van der Waals surface area contributed by atoms with Crippen LogP contribution in [0.3, 0.4) is 0 Å². The van der Waals surface area contributed by atoms with E-state index in [-0.39, 0.29) is 5.25 Å². The van der Waals surface area contributed by atoms with E-state index in [1.807, 2.05) is 0 Å². The number of unbranched alkanes of at least 4 members (excludes halogenated alkanes) is 3. The van der Waals surface area contributed by atoms with Crippen molar-refractivity contribution >= 4 is 35.3 Å². The van der Waals surface area contributed by atoms with Crippen LogP contribution in [0.5, 0.6) is 0 Å². The minimum Gasteiger partial charge on any atom is -0.477 e. The number of ketones is 1. The van der Waals surface area contributed by atoms with Crippen LogP contribution in [0.15, 0.2) is 12.2 Å². The lowest BCUT2D eigenvalue weighted by Crippen LogP contribution is -2.34. The van der Waals surface area contributed by atoms with Gasteiger partial charge in [0.2, 0.25) is 0 Å². The van der Waals surface area contributed by atoms with Gasteiger partial charge in [0.05, 0.1) is 5.25 Å². The Hall–Kier alpha value is -0.500. The van der Waals surface area contributed by atoms with E-state index in [4.69, 9.17) is 5.11 Å². The molecule has 0 aromatic heterocycles. The SMILES string of the molecule is CCCCCC=C[C@H]1CCC(=O)[C@@H]1SCCCSC(O)(O)C(=O)O. The van der Waals surface area contributed by atoms with Crippen LogP contribution in [0.1, 0.15) is 51.9 Å². The molecule has 0 saturated heterocycles. The first-order chi connectivity index (χ1) is 11.4. The molecule has 0 aromatic carbocycles. The molecular weight excluding hydrogens is 348 g/mol. The highest BCUT2D eigenvalue weighted by molar-refractivity contribution is 8.01. The zero-order valence-electron chi connectivity index (χ0n) is 14.1. The minimum atomic E-state index is -2.72. The molecule has 1 aliphatic rings. The van der Waals surface area contributed by atoms with E-state index in [1.54, 1.807) is 11.8 Å². The van der Waals surface area contributed by atoms with Gasteiger partial charge in [-0.25, -0.2) is 4.79 Å². The third-order valence-corrected chi connectivity index (χ3v) is 6.52. The average molecular weight is 377 g/mol. The molecule has 0 spiro atoms. The molecule has 0 aromatic rings. The van der Waals surface area contributed by atoms with Crippen LogP contribution in [-0.4, -0.2) is 48.9 Å². The van der Waals surface area contributed by atoms with Gasteiger partial charge in [-0.1, -0.05) is 43.7 Å². The molecule has 2 atom stereocenters. The number of hydrogen-bond acceptors (Lipinski definition) is 6. The Kier molecular flexibility index (Phi) is 10.0. The molecule has 0 bridgehead atoms. The van der Waals surface area contributed by atoms with Gasteiger partial charge in [0.15, 0.2) is 0 Å². The molecule has 3 N–H and O–H groups in total. The number of Topliss-reactive ketones (excluding diaryl/α,β-unsaturated/α-hetero) is 1. The van der Waals surface area contributed by atoms with Crippen LogP contribution in [0, 0.1) is 5.92 Å². The fraction of sp³-hybridized carbons (Fsp3) is 0.765. The van der Waals surface area contributed by atoms with Crippen LogP contribution in [0.25, 0.3) is 0 Å². The van der Waals surface area contributed by atoms with Crippen molar-refractivity contribution in [1.29, 1.82) is 0 Å². The molecule has 0 heterocycles. The van der Waals surface area contributed by atoms with Gasteiger partial charge in [-0.3, -0.25) is 4.79 Å². The molecule has 138 valence electrons. The average Bonchev–Trinajstić information content (AvgIpc) is 2.87. The molecule has 5 nitrogen and oxygen atoms in total. The molecule has 24 heavy (non-hydrogen) atoms. The summed E-state index contributed by atoms with van der Waals surface area (Å²) in [5.41, 5.74) is 0. The largest absolute Gasteiger partial charge is 0.477 e. The maximum atomic E-state index is 12.0. The summed E-state index contributed by atoms with van der Waals surface area (Å²) in [6, 6.07) is 0. The van der Waals surface area contributed by atoms with E-state index in [1.165, 1.54) is 19.3 Å². The number of carboxylic acids is 1. The van der Waals surface area contributed by atoms with Crippen LogP contribution in [0.2, 0.25) is 0 Å². The zero-order chi connectivity index (χ0) is 18.0. The predicted molar refractivity (Wildman–Crippen MR) is 99.1 cm³/mol. The lowest BCUT2D eigenvalue weighted by atomic mass is 10.1. The summed E-state index contributed by atoms with van der Waals surface area (Å²) < 4.78 is 0. The van der Waals surface area contributed by atoms with Crippen LogP contribution >= 0.6 is 23.5 Å². The number of aliphatic hydroxyl groups is 2. The second-order valence-electron chi connectivity index (χ2n) is 6.00. The van der Waals surface area contributed by atoms with Crippen molar-refractivity contribution < 1.29 is 24.9 Å². The number of carbonyl (C=O) groups is 2. The van der Waals surface area contributed by atoms with Crippen LogP contribution < -0.4 is 0 Å². The summed E-state index contributed by atoms with van der Waals surface area (Å²) in [6.07, 6.45) is 11.2. The van der Waals surface area contributed by atoms with Crippen molar-refractivity contribution in [1.82, 2.24) is 0 Å². The molecule has 1 fully saturated rings. The Labute approximate surface area is 152 Å². The van der Waals surface area contributed by atoms with E-state index >= 15 is 0 Å². The predicted octanol–water partition coefficient (Wildman–Crippen LogP) is 3.05. The summed E-state index contributed by atoms with van der Waals surface area (Å²) >= 11 is 2.19. The van der Waals surface area contributed by atoms with Gasteiger partial charge in [0, 0.05) is 6.42 Å². The molecular formula is C17H28O5S2. The molecule has 1 rings (SSSR count). The lowest BCUT2D eigenvalue weighted by Gasteiger charge is -2.16. The summed E-state index contributed by atoms with van der Waals surface area (Å²) in [5.74, 6) is -0.0330. The lowest BCUT2D eigenvalue weighted by molar-refractivity contribution is -0.174. The van der Waals surface area contributed by atoms with Crippen molar-refractivity contribution in [3.63, 3.8) is 0 Å². The van der Waals surface area contributed by atoms with E-state index < -0.39 is 11.1 Å². The number of rotatable bonds is 12. The number of carbonyl (C=O) groups excluding carboxylic acids is 1. The van der Waals surface area contributed by atoms with E-state index in [0.717, 1.165) is 12.8 Å². The van der Waals surface area contributed by atoms with Crippen molar-refractivity contribution in [2.45, 2.75) is 62.2 Å². The number of thioether (sulfide) groups is 2. The van der Waals surface area contributed by atoms with Gasteiger partial charge >= 0.3 is 11.1 Å². The monoisotopic (exact) mass is 376 g/mol. The second kappa shape index (κ2) is 11.2. The third kappa shape index (κ3) is 7.59. The van der Waals surface area contributed by atoms with Crippen molar-refractivity contribution in [2.24, 2.45) is 5.92 Å². The van der Waals surface area contributed by atoms with E-state index in [9.17, 15) is 19.8 Å². The van der Waals surface area contributed by atoms with Gasteiger partial charge in [-0.15, -0.1) is 11.8 Å². The van der Waals surface area contributed by atoms with Crippen LogP contribution in [-0.2, 0) is 9.59 Å². The first-order valence-electron chi connectivity index (χ1n) is 8.51. The standard InChI is InChI=1S/C17H28O5S2/c1-2-3-4-5-6-8-13-9-10-14(18)15(13)23-11-7-12-24-17(21,22)16(19)20/h6,8,13,15,21-22H,2-5,7,9-12H2,1H3,(H,19,20)/t13-,15+/m0/s1. The smallest absolute Gasteiger partial charge is 0.375 e. The maximum Gasteiger partial charge on any atom is 0.375 e. The summed E-state index contributed by atoms with van der Waals surface area (Å²) in [6.45, 7) is 2.18. The van der Waals surface area contributed by atoms with Gasteiger partial charge in [0.25, 0.3) is 0 Å². The molecule has 0 radical (unpaired) electrons. The highest BCUT2D eigenvalue weighted by atomic mass is 32.2. The first-order valence-corrected chi connectivity index (χ1v) is 10.5. The molecule has 1 aliphatic carbocycles. The van der Waals surface area contributed by atoms with Crippen molar-refractivity contribution in [2.75, 3.05) is 11.5 Å². The van der Waals surface area contributed by atoms with Crippen molar-refractivity contribution in [3.05, 3.63) is 12.2 Å². The molecule has 0 aliphatic heterocycles. The quantitative estimate of drug-likeness (QED) is 0.274. The summed E-state index contributed by atoms with van der Waals surface area (Å²) in [7, 11) is 0. The zero-order valence-corrected chi connectivity index (χ0v) is 15.8. The van der Waals surface area contributed by atoms with Crippen molar-refractivity contribution in [3.8, 4) is 0 Å². The maximum absolute atomic E-state index is 12.0. The molecule has 7 heteroatoms. The first kappa shape index (κ1) is 21.5. The highest BCUT2D eigenvalue weighted by Crippen LogP contribution is 2.34. The number of aliphatic carboxylic acids is 1. The summed E-state index contributed by atoms with van der Waals surface area (Å²) in [4.78, 5) is 22.6. The number of carboxylic acid groups (broad SMARTS) is 1. The fourth-order valence-corrected chi connectivity index (χ4v) is 4.81. The summed E-state index contributed by atoms with van der Waals surface area (Å²) in [5, 5.41) is 24.3. The molecule has 1 saturated carbocycles. The Balaban J connectivity index is 2.28. The minimum absolute atomic E-state index is 0.00934. The third-order valence-electron chi connectivity index (χ3n) is 3.96. The van der Waals surface area contributed by atoms with Gasteiger partial charge in [-0.05, 0) is 43.1 Å². The fourth-order valence-electron chi connectivity index (χ4n) is 2.58. The van der Waals surface area contributed by atoms with Gasteiger partial charge in [0.1, 0.15) is 5.78 Å². The van der Waals surface area contributed by atoms with Crippen LogP contribution in [0.4, 0.5) is 0 Å².